The summed E-state index contributed by atoms with van der Waals surface area (Å²) in [5, 5.41) is 9.11. The third-order valence-corrected chi connectivity index (χ3v) is 2.99. The second-order valence-electron chi connectivity index (χ2n) is 4.55. The maximum atomic E-state index is 13.3. The maximum absolute atomic E-state index is 13.3. The molecule has 0 saturated heterocycles. The van der Waals surface area contributed by atoms with Crippen LogP contribution in [0.3, 0.4) is 0 Å². The Balaban J connectivity index is 2.68. The molecule has 0 heterocycles. The Morgan fingerprint density at radius 3 is 2.33 bits per heavy atom. The molecule has 0 bridgehead atoms. The van der Waals surface area contributed by atoms with Gasteiger partial charge in [-0.15, -0.1) is 0 Å². The molecule has 21 heavy (non-hydrogen) atoms. The average Bonchev–Trinajstić information content (AvgIpc) is 2.37. The molecule has 0 atom stereocenters. The molecule has 0 aromatic heterocycles. The van der Waals surface area contributed by atoms with Gasteiger partial charge in [-0.25, -0.2) is 9.18 Å². The minimum absolute atomic E-state index is 0.00447. The van der Waals surface area contributed by atoms with Crippen LogP contribution in [0.15, 0.2) is 36.4 Å². The molecule has 0 radical (unpaired) electrons. The predicted octanol–water partition coefficient (Wildman–Crippen LogP) is 4.52. The van der Waals surface area contributed by atoms with Crippen LogP contribution in [0.2, 0.25) is 0 Å². The van der Waals surface area contributed by atoms with Crippen molar-refractivity contribution in [2.75, 3.05) is 0 Å². The van der Waals surface area contributed by atoms with Gasteiger partial charge in [-0.1, -0.05) is 23.8 Å². The monoisotopic (exact) mass is 298 g/mol. The summed E-state index contributed by atoms with van der Waals surface area (Å²) in [6.45, 7) is 1.68. The highest BCUT2D eigenvalue weighted by Crippen LogP contribution is 2.35. The molecular formula is C15H10F4O2. The summed E-state index contributed by atoms with van der Waals surface area (Å²) in [6.07, 6.45) is -4.84. The van der Waals surface area contributed by atoms with Crippen molar-refractivity contribution in [2.24, 2.45) is 0 Å². The van der Waals surface area contributed by atoms with Crippen molar-refractivity contribution in [3.05, 3.63) is 58.9 Å². The van der Waals surface area contributed by atoms with Crippen LogP contribution in [-0.4, -0.2) is 11.1 Å². The highest BCUT2D eigenvalue weighted by molar-refractivity contribution is 5.96. The summed E-state index contributed by atoms with van der Waals surface area (Å²) in [7, 11) is 0. The summed E-state index contributed by atoms with van der Waals surface area (Å²) in [6, 6.07) is 6.75. The summed E-state index contributed by atoms with van der Waals surface area (Å²) in [5.41, 5.74) is -0.746. The van der Waals surface area contributed by atoms with Gasteiger partial charge in [-0.3, -0.25) is 0 Å². The molecule has 0 fully saturated rings. The molecule has 2 aromatic rings. The van der Waals surface area contributed by atoms with E-state index in [2.05, 4.69) is 0 Å². The Hall–Kier alpha value is -2.37. The van der Waals surface area contributed by atoms with Gasteiger partial charge >= 0.3 is 12.1 Å². The van der Waals surface area contributed by atoms with Gasteiger partial charge in [-0.2, -0.15) is 13.2 Å². The Labute approximate surface area is 117 Å². The lowest BCUT2D eigenvalue weighted by molar-refractivity contribution is -0.139. The minimum Gasteiger partial charge on any atom is -0.478 e. The van der Waals surface area contributed by atoms with Gasteiger partial charge in [0.2, 0.25) is 0 Å². The molecule has 0 aliphatic rings. The van der Waals surface area contributed by atoms with Crippen LogP contribution in [-0.2, 0) is 6.18 Å². The molecule has 2 rings (SSSR count). The van der Waals surface area contributed by atoms with E-state index in [4.69, 9.17) is 5.11 Å². The van der Waals surface area contributed by atoms with Crippen LogP contribution in [0, 0.1) is 12.7 Å². The SMILES string of the molecule is Cc1ccc(C(=O)O)c(-c2ccc(F)c(C(F)(F)F)c2)c1. The van der Waals surface area contributed by atoms with Crippen LogP contribution in [0.25, 0.3) is 11.1 Å². The van der Waals surface area contributed by atoms with Gasteiger partial charge in [0.15, 0.2) is 0 Å². The number of halogens is 4. The van der Waals surface area contributed by atoms with E-state index >= 15 is 0 Å². The first-order valence-corrected chi connectivity index (χ1v) is 5.91. The number of benzene rings is 2. The molecule has 0 unspecified atom stereocenters. The van der Waals surface area contributed by atoms with Gasteiger partial charge in [0.25, 0.3) is 0 Å². The largest absolute Gasteiger partial charge is 0.478 e. The molecule has 0 aliphatic heterocycles. The Kier molecular flexibility index (Phi) is 3.72. The molecule has 2 aromatic carbocycles. The number of alkyl halides is 3. The van der Waals surface area contributed by atoms with Gasteiger partial charge in [0, 0.05) is 0 Å². The average molecular weight is 298 g/mol. The van der Waals surface area contributed by atoms with Crippen molar-refractivity contribution in [3.63, 3.8) is 0 Å². The second kappa shape index (κ2) is 5.20. The first-order valence-electron chi connectivity index (χ1n) is 5.91. The van der Waals surface area contributed by atoms with E-state index in [-0.39, 0.29) is 16.7 Å². The van der Waals surface area contributed by atoms with E-state index in [0.717, 1.165) is 6.07 Å². The van der Waals surface area contributed by atoms with Crippen LogP contribution in [0.4, 0.5) is 17.6 Å². The number of aryl methyl sites for hydroxylation is 1. The second-order valence-corrected chi connectivity index (χ2v) is 4.55. The topological polar surface area (TPSA) is 37.3 Å². The van der Waals surface area contributed by atoms with Crippen molar-refractivity contribution in [1.29, 1.82) is 0 Å². The zero-order chi connectivity index (χ0) is 15.8. The highest BCUT2D eigenvalue weighted by Gasteiger charge is 2.34. The van der Waals surface area contributed by atoms with Gasteiger partial charge in [-0.05, 0) is 36.2 Å². The maximum Gasteiger partial charge on any atom is 0.419 e. The zero-order valence-corrected chi connectivity index (χ0v) is 10.8. The van der Waals surface area contributed by atoms with E-state index in [9.17, 15) is 22.4 Å². The van der Waals surface area contributed by atoms with E-state index in [1.54, 1.807) is 13.0 Å². The van der Waals surface area contributed by atoms with Gasteiger partial charge < -0.3 is 5.11 Å². The smallest absolute Gasteiger partial charge is 0.419 e. The van der Waals surface area contributed by atoms with Crippen molar-refractivity contribution in [2.45, 2.75) is 13.1 Å². The van der Waals surface area contributed by atoms with E-state index < -0.39 is 23.5 Å². The normalized spacial score (nSPS) is 11.5. The van der Waals surface area contributed by atoms with Crippen molar-refractivity contribution >= 4 is 5.97 Å². The molecule has 0 aliphatic carbocycles. The molecule has 0 saturated carbocycles. The van der Waals surface area contributed by atoms with E-state index in [1.165, 1.54) is 12.1 Å². The first kappa shape index (κ1) is 15.0. The number of carboxylic acid groups (broad SMARTS) is 1. The Morgan fingerprint density at radius 1 is 1.10 bits per heavy atom. The van der Waals surface area contributed by atoms with E-state index in [1.807, 2.05) is 0 Å². The molecule has 0 spiro atoms. The Morgan fingerprint density at radius 2 is 1.76 bits per heavy atom. The molecule has 6 heteroatoms. The molecule has 0 amide bonds. The van der Waals surface area contributed by atoms with Crippen molar-refractivity contribution in [3.8, 4) is 11.1 Å². The standard InChI is InChI=1S/C15H10F4O2/c1-8-2-4-10(14(20)21)11(6-8)9-3-5-13(16)12(7-9)15(17,18)19/h2-7H,1H3,(H,20,21). The third kappa shape index (κ3) is 3.04. The summed E-state index contributed by atoms with van der Waals surface area (Å²) >= 11 is 0. The zero-order valence-electron chi connectivity index (χ0n) is 10.8. The summed E-state index contributed by atoms with van der Waals surface area (Å²) in [5.74, 6) is -2.65. The number of rotatable bonds is 2. The fourth-order valence-electron chi connectivity index (χ4n) is 1.99. The number of hydrogen-bond acceptors (Lipinski definition) is 1. The van der Waals surface area contributed by atoms with Crippen LogP contribution < -0.4 is 0 Å². The highest BCUT2D eigenvalue weighted by atomic mass is 19.4. The van der Waals surface area contributed by atoms with Crippen molar-refractivity contribution < 1.29 is 27.5 Å². The number of aromatic carboxylic acids is 1. The van der Waals surface area contributed by atoms with Crippen LogP contribution in [0.1, 0.15) is 21.5 Å². The van der Waals surface area contributed by atoms with Crippen LogP contribution in [0.5, 0.6) is 0 Å². The quantitative estimate of drug-likeness (QED) is 0.828. The number of hydrogen-bond donors (Lipinski definition) is 1. The number of carbonyl (C=O) groups is 1. The molecule has 110 valence electrons. The third-order valence-electron chi connectivity index (χ3n) is 2.99. The lowest BCUT2D eigenvalue weighted by atomic mass is 9.96. The van der Waals surface area contributed by atoms with Crippen LogP contribution >= 0.6 is 0 Å². The van der Waals surface area contributed by atoms with Gasteiger partial charge in [0.1, 0.15) is 5.82 Å². The molecular weight excluding hydrogens is 288 g/mol. The van der Waals surface area contributed by atoms with E-state index in [0.29, 0.717) is 17.7 Å². The molecule has 1 N–H and O–H groups in total. The lowest BCUT2D eigenvalue weighted by Crippen LogP contribution is -2.08. The Bertz CT molecular complexity index is 705. The first-order chi connectivity index (χ1) is 9.70. The predicted molar refractivity (Wildman–Crippen MR) is 68.5 cm³/mol. The minimum atomic E-state index is -4.84. The lowest BCUT2D eigenvalue weighted by Gasteiger charge is -2.12. The summed E-state index contributed by atoms with van der Waals surface area (Å²) < 4.78 is 51.5. The van der Waals surface area contributed by atoms with Gasteiger partial charge in [0.05, 0.1) is 11.1 Å². The fraction of sp³-hybridized carbons (Fsp3) is 0.133. The van der Waals surface area contributed by atoms with Crippen molar-refractivity contribution in [1.82, 2.24) is 0 Å². The fourth-order valence-corrected chi connectivity index (χ4v) is 1.99. The number of carboxylic acids is 1. The summed E-state index contributed by atoms with van der Waals surface area (Å²) in [4.78, 5) is 11.2. The molecule has 2 nitrogen and oxygen atoms in total.